The maximum absolute atomic E-state index is 6.15. The quantitative estimate of drug-likeness (QED) is 0.773. The molecule has 0 saturated carbocycles. The summed E-state index contributed by atoms with van der Waals surface area (Å²) in [6, 6.07) is 6.32. The highest BCUT2D eigenvalue weighted by Crippen LogP contribution is 2.30. The van der Waals surface area contributed by atoms with Gasteiger partial charge in [-0.3, -0.25) is 0 Å². The molecule has 3 nitrogen and oxygen atoms in total. The number of hydrogen-bond donors (Lipinski definition) is 0. The van der Waals surface area contributed by atoms with Crippen LogP contribution >= 0.6 is 11.6 Å². The van der Waals surface area contributed by atoms with Gasteiger partial charge in [-0.05, 0) is 55.9 Å². The van der Waals surface area contributed by atoms with Gasteiger partial charge < -0.3 is 4.74 Å². The summed E-state index contributed by atoms with van der Waals surface area (Å²) in [5.41, 5.74) is 3.62. The number of fused-ring (bicyclic) bond motifs is 1. The van der Waals surface area contributed by atoms with Crippen molar-refractivity contribution in [1.29, 1.82) is 0 Å². The minimum Gasteiger partial charge on any atom is -0.439 e. The molecule has 0 spiro atoms. The molecule has 4 heteroatoms. The molecule has 0 atom stereocenters. The lowest BCUT2D eigenvalue weighted by molar-refractivity contribution is 0.453. The standard InChI is InChI=1S/C17H19ClN2O/c1-3-15-19-16(18)11(2)17(20-15)21-14-9-8-12-6-4-5-7-13(12)10-14/h8-10H,3-7H2,1-2H3. The molecule has 3 rings (SSSR count). The molecule has 1 aliphatic rings. The maximum Gasteiger partial charge on any atom is 0.226 e. The van der Waals surface area contributed by atoms with Crippen LogP contribution in [0.4, 0.5) is 0 Å². The van der Waals surface area contributed by atoms with Gasteiger partial charge in [-0.2, -0.15) is 4.98 Å². The van der Waals surface area contributed by atoms with Crippen LogP contribution in [0.15, 0.2) is 18.2 Å². The van der Waals surface area contributed by atoms with Crippen LogP contribution in [0.25, 0.3) is 0 Å². The molecule has 0 radical (unpaired) electrons. The summed E-state index contributed by atoms with van der Waals surface area (Å²) in [5.74, 6) is 2.09. The number of aromatic nitrogens is 2. The van der Waals surface area contributed by atoms with Crippen molar-refractivity contribution in [1.82, 2.24) is 9.97 Å². The Hall–Kier alpha value is -1.61. The second-order valence-corrected chi connectivity index (χ2v) is 5.81. The maximum atomic E-state index is 6.15. The molecule has 0 amide bonds. The molecule has 0 fully saturated rings. The monoisotopic (exact) mass is 302 g/mol. The largest absolute Gasteiger partial charge is 0.439 e. The van der Waals surface area contributed by atoms with Gasteiger partial charge in [0.15, 0.2) is 0 Å². The molecular weight excluding hydrogens is 284 g/mol. The SMILES string of the molecule is CCc1nc(Cl)c(C)c(Oc2ccc3c(c2)CCCC3)n1. The number of nitrogens with zero attached hydrogens (tertiary/aromatic N) is 2. The van der Waals surface area contributed by atoms with E-state index in [1.54, 1.807) is 0 Å². The highest BCUT2D eigenvalue weighted by molar-refractivity contribution is 6.30. The molecule has 0 N–H and O–H groups in total. The van der Waals surface area contributed by atoms with Crippen molar-refractivity contribution >= 4 is 11.6 Å². The van der Waals surface area contributed by atoms with E-state index in [0.29, 0.717) is 16.9 Å². The summed E-state index contributed by atoms with van der Waals surface area (Å²) in [7, 11) is 0. The number of ether oxygens (including phenoxy) is 1. The number of halogens is 1. The fourth-order valence-electron chi connectivity index (χ4n) is 2.65. The van der Waals surface area contributed by atoms with E-state index in [9.17, 15) is 0 Å². The first kappa shape index (κ1) is 14.3. The molecule has 0 bridgehead atoms. The van der Waals surface area contributed by atoms with E-state index in [1.165, 1.54) is 30.4 Å². The zero-order valence-corrected chi connectivity index (χ0v) is 13.2. The van der Waals surface area contributed by atoms with Crippen LogP contribution in [0.3, 0.4) is 0 Å². The highest BCUT2D eigenvalue weighted by atomic mass is 35.5. The average Bonchev–Trinajstić information content (AvgIpc) is 2.51. The van der Waals surface area contributed by atoms with Gasteiger partial charge in [0, 0.05) is 12.0 Å². The van der Waals surface area contributed by atoms with Gasteiger partial charge in [-0.1, -0.05) is 24.6 Å². The Morgan fingerprint density at radius 2 is 1.90 bits per heavy atom. The van der Waals surface area contributed by atoms with E-state index in [0.717, 1.165) is 24.2 Å². The van der Waals surface area contributed by atoms with Crippen molar-refractivity contribution in [2.24, 2.45) is 0 Å². The van der Waals surface area contributed by atoms with Crippen molar-refractivity contribution in [3.05, 3.63) is 45.9 Å². The van der Waals surface area contributed by atoms with Crippen molar-refractivity contribution in [2.75, 3.05) is 0 Å². The second kappa shape index (κ2) is 6.02. The molecule has 0 aliphatic heterocycles. The highest BCUT2D eigenvalue weighted by Gasteiger charge is 2.13. The van der Waals surface area contributed by atoms with E-state index in [4.69, 9.17) is 16.3 Å². The fourth-order valence-corrected chi connectivity index (χ4v) is 2.83. The number of benzene rings is 1. The first-order valence-corrected chi connectivity index (χ1v) is 7.88. The fraction of sp³-hybridized carbons (Fsp3) is 0.412. The first-order chi connectivity index (χ1) is 10.2. The van der Waals surface area contributed by atoms with E-state index in [1.807, 2.05) is 19.9 Å². The predicted octanol–water partition coefficient (Wildman–Crippen LogP) is 4.67. The van der Waals surface area contributed by atoms with E-state index >= 15 is 0 Å². The minimum absolute atomic E-state index is 0.467. The minimum atomic E-state index is 0.467. The first-order valence-electron chi connectivity index (χ1n) is 7.50. The smallest absolute Gasteiger partial charge is 0.226 e. The van der Waals surface area contributed by atoms with Crippen LogP contribution in [-0.2, 0) is 19.3 Å². The van der Waals surface area contributed by atoms with Crippen molar-refractivity contribution in [3.63, 3.8) is 0 Å². The Kier molecular flexibility index (Phi) is 4.11. The molecule has 0 unspecified atom stereocenters. The van der Waals surface area contributed by atoms with Gasteiger partial charge in [-0.25, -0.2) is 4.98 Å². The lowest BCUT2D eigenvalue weighted by Crippen LogP contribution is -2.03. The Morgan fingerprint density at radius 1 is 1.14 bits per heavy atom. The third-order valence-corrected chi connectivity index (χ3v) is 4.31. The number of rotatable bonds is 3. The molecule has 2 aromatic rings. The molecule has 1 aromatic heterocycles. The van der Waals surface area contributed by atoms with Crippen molar-refractivity contribution in [3.8, 4) is 11.6 Å². The number of hydrogen-bond acceptors (Lipinski definition) is 3. The Bertz CT molecular complexity index is 670. The van der Waals surface area contributed by atoms with Gasteiger partial charge in [0.2, 0.25) is 5.88 Å². The summed E-state index contributed by atoms with van der Waals surface area (Å²) in [6.45, 7) is 3.89. The second-order valence-electron chi connectivity index (χ2n) is 5.45. The average molecular weight is 303 g/mol. The van der Waals surface area contributed by atoms with Crippen LogP contribution in [0, 0.1) is 6.92 Å². The third kappa shape index (κ3) is 3.03. The lowest BCUT2D eigenvalue weighted by atomic mass is 9.92. The van der Waals surface area contributed by atoms with Crippen LogP contribution in [0.5, 0.6) is 11.6 Å². The summed E-state index contributed by atoms with van der Waals surface area (Å²) in [6.07, 6.45) is 5.59. The predicted molar refractivity (Wildman–Crippen MR) is 84.3 cm³/mol. The molecule has 21 heavy (non-hydrogen) atoms. The van der Waals surface area contributed by atoms with Crippen LogP contribution in [0.2, 0.25) is 5.15 Å². The van der Waals surface area contributed by atoms with Crippen LogP contribution in [0.1, 0.15) is 42.3 Å². The zero-order chi connectivity index (χ0) is 14.8. The molecule has 1 aromatic carbocycles. The molecule has 0 saturated heterocycles. The Morgan fingerprint density at radius 3 is 2.67 bits per heavy atom. The summed E-state index contributed by atoms with van der Waals surface area (Å²) in [4.78, 5) is 8.68. The van der Waals surface area contributed by atoms with E-state index in [2.05, 4.69) is 22.1 Å². The topological polar surface area (TPSA) is 35.0 Å². The van der Waals surface area contributed by atoms with Gasteiger partial charge in [0.1, 0.15) is 16.7 Å². The molecule has 1 aliphatic carbocycles. The van der Waals surface area contributed by atoms with Gasteiger partial charge in [0.25, 0.3) is 0 Å². The normalized spacial score (nSPS) is 13.9. The number of aryl methyl sites for hydroxylation is 3. The van der Waals surface area contributed by atoms with Gasteiger partial charge >= 0.3 is 0 Å². The summed E-state index contributed by atoms with van der Waals surface area (Å²) < 4.78 is 5.96. The molecule has 110 valence electrons. The van der Waals surface area contributed by atoms with Crippen LogP contribution < -0.4 is 4.74 Å². The van der Waals surface area contributed by atoms with Gasteiger partial charge in [0.05, 0.1) is 0 Å². The molecule has 1 heterocycles. The zero-order valence-electron chi connectivity index (χ0n) is 12.4. The van der Waals surface area contributed by atoms with Crippen LogP contribution in [-0.4, -0.2) is 9.97 Å². The Balaban J connectivity index is 1.91. The molecular formula is C17H19ClN2O. The third-order valence-electron chi connectivity index (χ3n) is 3.94. The lowest BCUT2D eigenvalue weighted by Gasteiger charge is -2.17. The summed E-state index contributed by atoms with van der Waals surface area (Å²) in [5, 5.41) is 0.467. The van der Waals surface area contributed by atoms with E-state index in [-0.39, 0.29) is 0 Å². The van der Waals surface area contributed by atoms with Crippen molar-refractivity contribution in [2.45, 2.75) is 46.0 Å². The Labute approximate surface area is 130 Å². The van der Waals surface area contributed by atoms with Gasteiger partial charge in [-0.15, -0.1) is 0 Å². The summed E-state index contributed by atoms with van der Waals surface area (Å²) >= 11 is 6.15. The van der Waals surface area contributed by atoms with E-state index < -0.39 is 0 Å². The van der Waals surface area contributed by atoms with Crippen molar-refractivity contribution < 1.29 is 4.74 Å².